The highest BCUT2D eigenvalue weighted by atomic mass is 79.9. The Kier molecular flexibility index (Phi) is 4.27. The lowest BCUT2D eigenvalue weighted by Crippen LogP contribution is -2.23. The molecule has 3 rings (SSSR count). The van der Waals surface area contributed by atoms with Gasteiger partial charge in [-0.25, -0.2) is 28.5 Å². The van der Waals surface area contributed by atoms with Crippen LogP contribution in [0.4, 0.5) is 25.1 Å². The predicted octanol–water partition coefficient (Wildman–Crippen LogP) is 2.14. The third kappa shape index (κ3) is 3.24. The van der Waals surface area contributed by atoms with Crippen molar-refractivity contribution in [2.45, 2.75) is 0 Å². The maximum atomic E-state index is 14.1. The fourth-order valence-corrected chi connectivity index (χ4v) is 2.37. The monoisotopic (exact) mass is 411 g/mol. The molecule has 0 bridgehead atoms. The second kappa shape index (κ2) is 6.39. The number of nitrogens with zero attached hydrogens (tertiary/aromatic N) is 3. The molecule has 0 spiro atoms. The van der Waals surface area contributed by atoms with Gasteiger partial charge in [-0.3, -0.25) is 10.1 Å². The minimum Gasteiger partial charge on any atom is -0.366 e. The average molecular weight is 412 g/mol. The number of benzene rings is 1. The van der Waals surface area contributed by atoms with Crippen molar-refractivity contribution in [1.82, 2.24) is 19.9 Å². The molecule has 0 saturated carbocycles. The standard InChI is InChI=1S/C13H8BrF2N7O2/c14-12-20-8-10(22-12)18-3-19-11(8)23-13(25)21-7-5(15)2-1-4(6(7)16)9(17)24/h1-3H,(H2,17,24)(H3,18,19,20,21,22,23,25). The number of urea groups is 1. The van der Waals surface area contributed by atoms with Crippen LogP contribution in [0.15, 0.2) is 23.2 Å². The van der Waals surface area contributed by atoms with Crippen LogP contribution < -0.4 is 16.4 Å². The number of primary amides is 1. The number of aromatic nitrogens is 4. The van der Waals surface area contributed by atoms with Gasteiger partial charge in [0.1, 0.15) is 17.8 Å². The molecule has 5 N–H and O–H groups in total. The molecule has 128 valence electrons. The second-order valence-electron chi connectivity index (χ2n) is 4.67. The average Bonchev–Trinajstić information content (AvgIpc) is 2.92. The van der Waals surface area contributed by atoms with E-state index in [-0.39, 0.29) is 11.3 Å². The van der Waals surface area contributed by atoms with Crippen LogP contribution in [0.1, 0.15) is 10.4 Å². The number of fused-ring (bicyclic) bond motifs is 1. The molecule has 9 nitrogen and oxygen atoms in total. The topological polar surface area (TPSA) is 139 Å². The SMILES string of the molecule is NC(=O)c1ccc(F)c(NC(=O)Nc2ncnc3[nH]c(Br)nc23)c1F. The minimum absolute atomic E-state index is 0.0105. The van der Waals surface area contributed by atoms with Gasteiger partial charge in [0.15, 0.2) is 27.5 Å². The Morgan fingerprint density at radius 1 is 1.20 bits per heavy atom. The van der Waals surface area contributed by atoms with E-state index < -0.39 is 34.8 Å². The maximum absolute atomic E-state index is 14.1. The largest absolute Gasteiger partial charge is 0.366 e. The number of H-pyrrole nitrogens is 1. The highest BCUT2D eigenvalue weighted by molar-refractivity contribution is 9.10. The summed E-state index contributed by atoms with van der Waals surface area (Å²) < 4.78 is 28.2. The third-order valence-corrected chi connectivity index (χ3v) is 3.46. The van der Waals surface area contributed by atoms with Crippen molar-refractivity contribution in [3.8, 4) is 0 Å². The van der Waals surface area contributed by atoms with Crippen molar-refractivity contribution in [2.24, 2.45) is 5.73 Å². The molecule has 2 aromatic heterocycles. The molecule has 0 aliphatic rings. The van der Waals surface area contributed by atoms with Crippen molar-refractivity contribution >= 4 is 50.5 Å². The highest BCUT2D eigenvalue weighted by Crippen LogP contribution is 2.23. The van der Waals surface area contributed by atoms with E-state index in [9.17, 15) is 18.4 Å². The first-order valence-electron chi connectivity index (χ1n) is 6.59. The van der Waals surface area contributed by atoms with Crippen molar-refractivity contribution in [2.75, 3.05) is 10.6 Å². The summed E-state index contributed by atoms with van der Waals surface area (Å²) in [5.74, 6) is -3.44. The molecule has 25 heavy (non-hydrogen) atoms. The zero-order valence-corrected chi connectivity index (χ0v) is 13.7. The molecular weight excluding hydrogens is 404 g/mol. The summed E-state index contributed by atoms with van der Waals surface area (Å²) >= 11 is 3.11. The van der Waals surface area contributed by atoms with Gasteiger partial charge < -0.3 is 16.0 Å². The van der Waals surface area contributed by atoms with Crippen molar-refractivity contribution in [1.29, 1.82) is 0 Å². The molecule has 0 fully saturated rings. The van der Waals surface area contributed by atoms with Gasteiger partial charge in [0.2, 0.25) is 0 Å². The second-order valence-corrected chi connectivity index (χ2v) is 5.43. The van der Waals surface area contributed by atoms with Crippen LogP contribution in [-0.4, -0.2) is 31.9 Å². The number of hydrogen-bond donors (Lipinski definition) is 4. The Morgan fingerprint density at radius 3 is 2.68 bits per heavy atom. The summed E-state index contributed by atoms with van der Waals surface area (Å²) in [6.45, 7) is 0. The first-order chi connectivity index (χ1) is 11.9. The number of nitrogens with one attached hydrogen (secondary N) is 3. The van der Waals surface area contributed by atoms with Gasteiger partial charge in [-0.05, 0) is 28.1 Å². The number of halogens is 3. The van der Waals surface area contributed by atoms with E-state index >= 15 is 0 Å². The number of imidazole rings is 1. The summed E-state index contributed by atoms with van der Waals surface area (Å²) in [4.78, 5) is 37.7. The normalized spacial score (nSPS) is 10.7. The van der Waals surface area contributed by atoms with E-state index in [4.69, 9.17) is 5.73 Å². The van der Waals surface area contributed by atoms with Crippen molar-refractivity contribution < 1.29 is 18.4 Å². The van der Waals surface area contributed by atoms with E-state index in [0.29, 0.717) is 10.4 Å². The molecule has 3 amide bonds. The van der Waals surface area contributed by atoms with Crippen LogP contribution in [0.5, 0.6) is 0 Å². The summed E-state index contributed by atoms with van der Waals surface area (Å²) in [6.07, 6.45) is 1.16. The Morgan fingerprint density at radius 2 is 1.96 bits per heavy atom. The smallest absolute Gasteiger partial charge is 0.325 e. The molecular formula is C13H8BrF2N7O2. The number of anilines is 2. The van der Waals surface area contributed by atoms with Gasteiger partial charge in [-0.1, -0.05) is 0 Å². The van der Waals surface area contributed by atoms with Crippen LogP contribution >= 0.6 is 15.9 Å². The third-order valence-electron chi connectivity index (χ3n) is 3.08. The van der Waals surface area contributed by atoms with Gasteiger partial charge in [0, 0.05) is 0 Å². The lowest BCUT2D eigenvalue weighted by atomic mass is 10.1. The Balaban J connectivity index is 1.88. The number of amides is 3. The zero-order chi connectivity index (χ0) is 18.1. The van der Waals surface area contributed by atoms with E-state index in [0.717, 1.165) is 18.5 Å². The van der Waals surface area contributed by atoms with Crippen LogP contribution in [0, 0.1) is 11.6 Å². The van der Waals surface area contributed by atoms with Crippen LogP contribution in [-0.2, 0) is 0 Å². The predicted molar refractivity (Wildman–Crippen MR) is 86.9 cm³/mol. The Bertz CT molecular complexity index is 1010. The Labute approximate surface area is 146 Å². The number of rotatable bonds is 3. The fraction of sp³-hybridized carbons (Fsp3) is 0. The van der Waals surface area contributed by atoms with E-state index in [2.05, 4.69) is 41.2 Å². The van der Waals surface area contributed by atoms with Crippen molar-refractivity contribution in [3.05, 3.63) is 40.4 Å². The summed E-state index contributed by atoms with van der Waals surface area (Å²) in [5, 5.41) is 4.27. The van der Waals surface area contributed by atoms with Gasteiger partial charge in [-0.15, -0.1) is 0 Å². The number of carbonyl (C=O) groups excluding carboxylic acids is 2. The van der Waals surface area contributed by atoms with Crippen molar-refractivity contribution in [3.63, 3.8) is 0 Å². The van der Waals surface area contributed by atoms with E-state index in [1.165, 1.54) is 0 Å². The lowest BCUT2D eigenvalue weighted by molar-refractivity contribution is 0.0996. The maximum Gasteiger partial charge on any atom is 0.325 e. The molecule has 0 aliphatic heterocycles. The first-order valence-corrected chi connectivity index (χ1v) is 7.38. The number of hydrogen-bond acceptors (Lipinski definition) is 5. The minimum atomic E-state index is -1.28. The van der Waals surface area contributed by atoms with Crippen LogP contribution in [0.25, 0.3) is 11.2 Å². The molecule has 1 aromatic carbocycles. The molecule has 2 heterocycles. The number of aromatic amines is 1. The number of nitrogens with two attached hydrogens (primary N) is 1. The molecule has 0 unspecified atom stereocenters. The first kappa shape index (κ1) is 16.7. The molecule has 3 aromatic rings. The zero-order valence-electron chi connectivity index (χ0n) is 12.1. The molecule has 0 saturated heterocycles. The fourth-order valence-electron chi connectivity index (χ4n) is 2.00. The summed E-state index contributed by atoms with van der Waals surface area (Å²) in [6, 6.07) is 0.691. The molecule has 0 atom stereocenters. The van der Waals surface area contributed by atoms with E-state index in [1.807, 2.05) is 5.32 Å². The van der Waals surface area contributed by atoms with Crippen LogP contribution in [0.2, 0.25) is 0 Å². The summed E-state index contributed by atoms with van der Waals surface area (Å²) in [5.41, 5.74) is 4.19. The Hall–Kier alpha value is -3.15. The molecule has 0 aliphatic carbocycles. The van der Waals surface area contributed by atoms with Gasteiger partial charge in [0.25, 0.3) is 5.91 Å². The number of carbonyl (C=O) groups is 2. The van der Waals surface area contributed by atoms with Gasteiger partial charge >= 0.3 is 6.03 Å². The highest BCUT2D eigenvalue weighted by Gasteiger charge is 2.20. The van der Waals surface area contributed by atoms with E-state index in [1.54, 1.807) is 0 Å². The lowest BCUT2D eigenvalue weighted by Gasteiger charge is -2.10. The van der Waals surface area contributed by atoms with Gasteiger partial charge in [-0.2, -0.15) is 0 Å². The van der Waals surface area contributed by atoms with Gasteiger partial charge in [0.05, 0.1) is 5.56 Å². The van der Waals surface area contributed by atoms with Crippen LogP contribution in [0.3, 0.4) is 0 Å². The molecule has 12 heteroatoms. The quantitative estimate of drug-likeness (QED) is 0.489. The molecule has 0 radical (unpaired) electrons. The summed E-state index contributed by atoms with van der Waals surface area (Å²) in [7, 11) is 0.